The van der Waals surface area contributed by atoms with E-state index in [0.29, 0.717) is 5.75 Å². The standard InChI is InChI=1S/C18H24N4OS.ClH/c1-13-10-17(21-18(19-13)24-2)20-15-6-7-16(23)14(11-15)12-22-8-4-3-5-9-22;/h6-7,10-11,23H,3-5,8-9,12H2,1-2H3,(H,19,20,21);1H. The number of nitrogens with one attached hydrogen (secondary N) is 1. The minimum absolute atomic E-state index is 0. The summed E-state index contributed by atoms with van der Waals surface area (Å²) in [6.07, 6.45) is 5.78. The third kappa shape index (κ3) is 5.49. The van der Waals surface area contributed by atoms with Gasteiger partial charge in [-0.15, -0.1) is 12.4 Å². The van der Waals surface area contributed by atoms with Crippen molar-refractivity contribution in [1.82, 2.24) is 14.9 Å². The van der Waals surface area contributed by atoms with E-state index in [1.54, 1.807) is 6.07 Å². The summed E-state index contributed by atoms with van der Waals surface area (Å²) in [7, 11) is 0. The summed E-state index contributed by atoms with van der Waals surface area (Å²) in [5, 5.41) is 14.3. The van der Waals surface area contributed by atoms with Crippen molar-refractivity contribution in [3.05, 3.63) is 35.5 Å². The van der Waals surface area contributed by atoms with Crippen LogP contribution in [0, 0.1) is 6.92 Å². The van der Waals surface area contributed by atoms with E-state index in [2.05, 4.69) is 20.2 Å². The zero-order valence-electron chi connectivity index (χ0n) is 14.7. The number of piperidine rings is 1. The number of phenols is 1. The normalized spacial score (nSPS) is 14.8. The van der Waals surface area contributed by atoms with Crippen molar-refractivity contribution in [2.24, 2.45) is 0 Å². The molecular weight excluding hydrogens is 356 g/mol. The van der Waals surface area contributed by atoms with Gasteiger partial charge in [-0.05, 0) is 57.3 Å². The maximum atomic E-state index is 10.2. The fourth-order valence-electron chi connectivity index (χ4n) is 2.99. The Bertz CT molecular complexity index is 707. The van der Waals surface area contributed by atoms with Crippen molar-refractivity contribution in [2.75, 3.05) is 24.7 Å². The molecule has 0 saturated carbocycles. The van der Waals surface area contributed by atoms with Crippen LogP contribution >= 0.6 is 24.2 Å². The molecule has 0 radical (unpaired) electrons. The molecular formula is C18H25ClN4OS. The Morgan fingerprint density at radius 1 is 1.16 bits per heavy atom. The van der Waals surface area contributed by atoms with E-state index in [9.17, 15) is 5.11 Å². The molecule has 1 aliphatic rings. The maximum absolute atomic E-state index is 10.2. The lowest BCUT2D eigenvalue weighted by atomic mass is 10.1. The van der Waals surface area contributed by atoms with Gasteiger partial charge in [0.2, 0.25) is 0 Å². The van der Waals surface area contributed by atoms with Crippen LogP contribution in [0.1, 0.15) is 30.5 Å². The Hall–Kier alpha value is -1.50. The van der Waals surface area contributed by atoms with Crippen molar-refractivity contribution in [3.8, 4) is 5.75 Å². The average Bonchev–Trinajstić information content (AvgIpc) is 2.58. The number of phenolic OH excluding ortho intramolecular Hbond substituents is 1. The molecule has 1 fully saturated rings. The molecule has 3 rings (SSSR count). The summed E-state index contributed by atoms with van der Waals surface area (Å²) >= 11 is 1.53. The Morgan fingerprint density at radius 3 is 2.64 bits per heavy atom. The van der Waals surface area contributed by atoms with Crippen molar-refractivity contribution < 1.29 is 5.11 Å². The number of likely N-dealkylation sites (tertiary alicyclic amines) is 1. The van der Waals surface area contributed by atoms with Gasteiger partial charge < -0.3 is 10.4 Å². The third-order valence-electron chi connectivity index (χ3n) is 4.21. The molecule has 0 atom stereocenters. The summed E-state index contributed by atoms with van der Waals surface area (Å²) in [6.45, 7) is 4.98. The van der Waals surface area contributed by atoms with Crippen LogP contribution in [0.3, 0.4) is 0 Å². The average molecular weight is 381 g/mol. The number of halogens is 1. The largest absolute Gasteiger partial charge is 0.508 e. The van der Waals surface area contributed by atoms with E-state index in [1.807, 2.05) is 31.4 Å². The lowest BCUT2D eigenvalue weighted by Gasteiger charge is -2.26. The lowest BCUT2D eigenvalue weighted by Crippen LogP contribution is -2.29. The van der Waals surface area contributed by atoms with Crippen LogP contribution in [0.2, 0.25) is 0 Å². The minimum Gasteiger partial charge on any atom is -0.508 e. The molecule has 136 valence electrons. The van der Waals surface area contributed by atoms with Crippen LogP contribution in [-0.2, 0) is 6.54 Å². The molecule has 1 aromatic heterocycles. The summed E-state index contributed by atoms with van der Waals surface area (Å²) in [4.78, 5) is 11.3. The lowest BCUT2D eigenvalue weighted by molar-refractivity contribution is 0.218. The zero-order chi connectivity index (χ0) is 16.9. The maximum Gasteiger partial charge on any atom is 0.189 e. The fraction of sp³-hybridized carbons (Fsp3) is 0.444. The van der Waals surface area contributed by atoms with E-state index in [-0.39, 0.29) is 12.4 Å². The van der Waals surface area contributed by atoms with Gasteiger partial charge in [0.25, 0.3) is 0 Å². The molecule has 0 unspecified atom stereocenters. The number of nitrogens with zero attached hydrogens (tertiary/aromatic N) is 3. The summed E-state index contributed by atoms with van der Waals surface area (Å²) < 4.78 is 0. The molecule has 7 heteroatoms. The molecule has 0 spiro atoms. The highest BCUT2D eigenvalue weighted by molar-refractivity contribution is 7.98. The van der Waals surface area contributed by atoms with Crippen LogP contribution in [-0.4, -0.2) is 39.3 Å². The van der Waals surface area contributed by atoms with Crippen LogP contribution < -0.4 is 5.32 Å². The Morgan fingerprint density at radius 2 is 1.92 bits per heavy atom. The number of rotatable bonds is 5. The number of hydrogen-bond donors (Lipinski definition) is 2. The van der Waals surface area contributed by atoms with E-state index in [0.717, 1.165) is 47.6 Å². The van der Waals surface area contributed by atoms with E-state index in [1.165, 1.54) is 31.0 Å². The minimum atomic E-state index is 0. The molecule has 1 aliphatic heterocycles. The molecule has 1 saturated heterocycles. The van der Waals surface area contributed by atoms with Crippen molar-refractivity contribution >= 4 is 35.7 Å². The predicted molar refractivity (Wildman–Crippen MR) is 106 cm³/mol. The Balaban J connectivity index is 0.00000225. The van der Waals surface area contributed by atoms with Crippen LogP contribution in [0.4, 0.5) is 11.5 Å². The first-order chi connectivity index (χ1) is 11.6. The Kier molecular flexibility index (Phi) is 7.35. The number of thioether (sulfide) groups is 1. The van der Waals surface area contributed by atoms with Gasteiger partial charge in [-0.1, -0.05) is 18.2 Å². The van der Waals surface area contributed by atoms with Crippen molar-refractivity contribution in [2.45, 2.75) is 37.9 Å². The molecule has 1 aromatic carbocycles. The predicted octanol–water partition coefficient (Wildman–Crippen LogP) is 4.36. The first kappa shape index (κ1) is 19.8. The second kappa shape index (κ2) is 9.27. The van der Waals surface area contributed by atoms with Gasteiger partial charge in [0.05, 0.1) is 0 Å². The van der Waals surface area contributed by atoms with Crippen LogP contribution in [0.5, 0.6) is 5.75 Å². The van der Waals surface area contributed by atoms with E-state index in [4.69, 9.17) is 0 Å². The van der Waals surface area contributed by atoms with Crippen LogP contribution in [0.25, 0.3) is 0 Å². The molecule has 0 bridgehead atoms. The molecule has 2 aromatic rings. The highest BCUT2D eigenvalue weighted by Gasteiger charge is 2.13. The second-order valence-corrected chi connectivity index (χ2v) is 6.96. The number of benzene rings is 1. The number of aryl methyl sites for hydroxylation is 1. The smallest absolute Gasteiger partial charge is 0.189 e. The van der Waals surface area contributed by atoms with Crippen molar-refractivity contribution in [1.29, 1.82) is 0 Å². The summed E-state index contributed by atoms with van der Waals surface area (Å²) in [5.74, 6) is 1.14. The fourth-order valence-corrected chi connectivity index (χ4v) is 3.42. The first-order valence-corrected chi connectivity index (χ1v) is 9.57. The van der Waals surface area contributed by atoms with Gasteiger partial charge in [0.15, 0.2) is 5.16 Å². The number of aromatic nitrogens is 2. The second-order valence-electron chi connectivity index (χ2n) is 6.19. The number of anilines is 2. The molecule has 5 nitrogen and oxygen atoms in total. The van der Waals surface area contributed by atoms with Gasteiger partial charge in [0.1, 0.15) is 11.6 Å². The van der Waals surface area contributed by atoms with E-state index >= 15 is 0 Å². The number of aromatic hydroxyl groups is 1. The zero-order valence-corrected chi connectivity index (χ0v) is 16.3. The molecule has 25 heavy (non-hydrogen) atoms. The van der Waals surface area contributed by atoms with Crippen LogP contribution in [0.15, 0.2) is 29.4 Å². The first-order valence-electron chi connectivity index (χ1n) is 8.35. The SMILES string of the molecule is CSc1nc(C)cc(Nc2ccc(O)c(CN3CCCCC3)c2)n1.Cl. The monoisotopic (exact) mass is 380 g/mol. The van der Waals surface area contributed by atoms with Gasteiger partial charge in [-0.3, -0.25) is 4.90 Å². The third-order valence-corrected chi connectivity index (χ3v) is 4.76. The number of hydrogen-bond acceptors (Lipinski definition) is 6. The van der Waals surface area contributed by atoms with E-state index < -0.39 is 0 Å². The summed E-state index contributed by atoms with van der Waals surface area (Å²) in [6, 6.07) is 7.58. The van der Waals surface area contributed by atoms with Crippen molar-refractivity contribution in [3.63, 3.8) is 0 Å². The Labute approximate surface area is 159 Å². The van der Waals surface area contributed by atoms with Gasteiger partial charge in [-0.25, -0.2) is 9.97 Å². The molecule has 2 N–H and O–H groups in total. The summed E-state index contributed by atoms with van der Waals surface area (Å²) in [5.41, 5.74) is 2.83. The van der Waals surface area contributed by atoms with Gasteiger partial charge in [-0.2, -0.15) is 0 Å². The highest BCUT2D eigenvalue weighted by atomic mass is 35.5. The van der Waals surface area contributed by atoms with Gasteiger partial charge >= 0.3 is 0 Å². The quantitative estimate of drug-likeness (QED) is 0.456. The molecule has 2 heterocycles. The van der Waals surface area contributed by atoms with Gasteiger partial charge in [0, 0.05) is 29.6 Å². The topological polar surface area (TPSA) is 61.3 Å². The molecule has 0 aliphatic carbocycles. The molecule has 0 amide bonds. The highest BCUT2D eigenvalue weighted by Crippen LogP contribution is 2.26.